The molecule has 3 heteroatoms. The smallest absolute Gasteiger partial charge is 0.0979 e. The van der Waals surface area contributed by atoms with Crippen molar-refractivity contribution in [3.05, 3.63) is 108 Å². The van der Waals surface area contributed by atoms with Crippen molar-refractivity contribution in [3.8, 4) is 22.4 Å². The quantitative estimate of drug-likeness (QED) is 0.268. The van der Waals surface area contributed by atoms with E-state index in [9.17, 15) is 0 Å². The van der Waals surface area contributed by atoms with Crippen LogP contribution in [0, 0.1) is 0 Å². The minimum atomic E-state index is 0.737. The van der Waals surface area contributed by atoms with E-state index in [0.717, 1.165) is 49.2 Å². The summed E-state index contributed by atoms with van der Waals surface area (Å²) in [6.07, 6.45) is 1.87. The number of fused-ring (bicyclic) bond motifs is 6. The first-order chi connectivity index (χ1) is 15.3. The van der Waals surface area contributed by atoms with Crippen molar-refractivity contribution in [1.82, 2.24) is 9.97 Å². The van der Waals surface area contributed by atoms with Crippen LogP contribution in [0.25, 0.3) is 55.0 Å². The summed E-state index contributed by atoms with van der Waals surface area (Å²) < 4.78 is 0. The molecule has 1 heterocycles. The molecule has 0 aliphatic heterocycles. The van der Waals surface area contributed by atoms with E-state index in [1.54, 1.807) is 0 Å². The zero-order chi connectivity index (χ0) is 20.8. The lowest BCUT2D eigenvalue weighted by Crippen LogP contribution is -1.92. The molecule has 0 bridgehead atoms. The monoisotopic (exact) mass is 416 g/mol. The normalized spacial score (nSPS) is 11.4. The third kappa shape index (κ3) is 3.04. The molecule has 0 aliphatic rings. The molecule has 2 nitrogen and oxygen atoms in total. The SMILES string of the molecule is Clc1cccc(-c2ccc(-c3cnc4c5ccccc5c5ccccc5c4n3)cc2)c1. The van der Waals surface area contributed by atoms with Gasteiger partial charge in [-0.1, -0.05) is 96.5 Å². The molecule has 0 atom stereocenters. The van der Waals surface area contributed by atoms with Crippen molar-refractivity contribution in [1.29, 1.82) is 0 Å². The lowest BCUT2D eigenvalue weighted by atomic mass is 9.99. The standard InChI is InChI=1S/C28H17ClN2/c29-21-7-5-6-20(16-21)18-12-14-19(15-13-18)26-17-30-27-24-10-3-1-8-22(24)23-9-2-4-11-25(23)28(27)31-26/h1-17H. The molecule has 0 unspecified atom stereocenters. The van der Waals surface area contributed by atoms with E-state index in [1.807, 2.05) is 24.4 Å². The molecule has 0 N–H and O–H groups in total. The maximum atomic E-state index is 6.15. The molecule has 0 aliphatic carbocycles. The molecule has 0 fully saturated rings. The fourth-order valence-corrected chi connectivity index (χ4v) is 4.45. The van der Waals surface area contributed by atoms with Crippen LogP contribution in [0.3, 0.4) is 0 Å². The lowest BCUT2D eigenvalue weighted by molar-refractivity contribution is 1.31. The highest BCUT2D eigenvalue weighted by atomic mass is 35.5. The lowest BCUT2D eigenvalue weighted by Gasteiger charge is -2.10. The molecule has 1 aromatic heterocycles. The molecule has 5 aromatic carbocycles. The molecular weight excluding hydrogens is 400 g/mol. The van der Waals surface area contributed by atoms with Gasteiger partial charge in [0.25, 0.3) is 0 Å². The first-order valence-electron chi connectivity index (χ1n) is 10.2. The minimum absolute atomic E-state index is 0.737. The number of halogens is 1. The van der Waals surface area contributed by atoms with Crippen molar-refractivity contribution in [2.24, 2.45) is 0 Å². The molecule has 0 saturated carbocycles. The second-order valence-electron chi connectivity index (χ2n) is 7.63. The van der Waals surface area contributed by atoms with E-state index in [0.29, 0.717) is 0 Å². The third-order valence-corrected chi connectivity index (χ3v) is 6.00. The molecule has 6 aromatic rings. The molecular formula is C28H17ClN2. The summed E-state index contributed by atoms with van der Waals surface area (Å²) >= 11 is 6.15. The van der Waals surface area contributed by atoms with Gasteiger partial charge in [0.05, 0.1) is 22.9 Å². The summed E-state index contributed by atoms with van der Waals surface area (Å²) in [7, 11) is 0. The van der Waals surface area contributed by atoms with E-state index >= 15 is 0 Å². The Morgan fingerprint density at radius 2 is 1.13 bits per heavy atom. The predicted molar refractivity (Wildman–Crippen MR) is 130 cm³/mol. The van der Waals surface area contributed by atoms with Crippen molar-refractivity contribution in [2.45, 2.75) is 0 Å². The van der Waals surface area contributed by atoms with Gasteiger partial charge in [0.15, 0.2) is 0 Å². The van der Waals surface area contributed by atoms with Gasteiger partial charge in [-0.2, -0.15) is 0 Å². The fourth-order valence-electron chi connectivity index (χ4n) is 4.26. The van der Waals surface area contributed by atoms with Gasteiger partial charge in [-0.15, -0.1) is 0 Å². The van der Waals surface area contributed by atoms with Crippen LogP contribution in [0.15, 0.2) is 103 Å². The predicted octanol–water partition coefficient (Wildman–Crippen LogP) is 7.92. The van der Waals surface area contributed by atoms with Crippen molar-refractivity contribution < 1.29 is 0 Å². The Bertz CT molecular complexity index is 1550. The number of aromatic nitrogens is 2. The Hall–Kier alpha value is -3.75. The van der Waals surface area contributed by atoms with Crippen molar-refractivity contribution in [3.63, 3.8) is 0 Å². The van der Waals surface area contributed by atoms with Crippen LogP contribution in [0.5, 0.6) is 0 Å². The summed E-state index contributed by atoms with van der Waals surface area (Å²) in [5.74, 6) is 0. The van der Waals surface area contributed by atoms with Crippen molar-refractivity contribution >= 4 is 44.2 Å². The Balaban J connectivity index is 1.53. The summed E-state index contributed by atoms with van der Waals surface area (Å²) in [6, 6.07) is 33.1. The number of benzene rings is 5. The Kier molecular flexibility index (Phi) is 4.19. The first-order valence-corrected chi connectivity index (χ1v) is 10.6. The van der Waals surface area contributed by atoms with Crippen LogP contribution in [0.4, 0.5) is 0 Å². The highest BCUT2D eigenvalue weighted by molar-refractivity contribution is 6.30. The molecule has 31 heavy (non-hydrogen) atoms. The zero-order valence-electron chi connectivity index (χ0n) is 16.6. The summed E-state index contributed by atoms with van der Waals surface area (Å²) in [5, 5.41) is 5.40. The molecule has 146 valence electrons. The Labute approximate surface area is 184 Å². The van der Waals surface area contributed by atoms with Crippen LogP contribution >= 0.6 is 11.6 Å². The van der Waals surface area contributed by atoms with Gasteiger partial charge in [-0.05, 0) is 34.0 Å². The number of rotatable bonds is 2. The fraction of sp³-hybridized carbons (Fsp3) is 0. The Morgan fingerprint density at radius 3 is 1.81 bits per heavy atom. The maximum Gasteiger partial charge on any atom is 0.0979 e. The minimum Gasteiger partial charge on any atom is -0.252 e. The number of hydrogen-bond acceptors (Lipinski definition) is 2. The number of nitrogens with zero attached hydrogens (tertiary/aromatic N) is 2. The maximum absolute atomic E-state index is 6.15. The first kappa shape index (κ1) is 18.1. The van der Waals surface area contributed by atoms with Gasteiger partial charge in [0, 0.05) is 21.4 Å². The van der Waals surface area contributed by atoms with Crippen LogP contribution < -0.4 is 0 Å². The third-order valence-electron chi connectivity index (χ3n) is 5.77. The zero-order valence-corrected chi connectivity index (χ0v) is 17.3. The largest absolute Gasteiger partial charge is 0.252 e. The van der Waals surface area contributed by atoms with Gasteiger partial charge < -0.3 is 0 Å². The van der Waals surface area contributed by atoms with Crippen LogP contribution in [-0.4, -0.2) is 9.97 Å². The van der Waals surface area contributed by atoms with Crippen LogP contribution in [0.1, 0.15) is 0 Å². The van der Waals surface area contributed by atoms with E-state index in [2.05, 4.69) is 78.9 Å². The van der Waals surface area contributed by atoms with E-state index in [1.165, 1.54) is 10.8 Å². The van der Waals surface area contributed by atoms with Crippen LogP contribution in [0.2, 0.25) is 5.02 Å². The highest BCUT2D eigenvalue weighted by Gasteiger charge is 2.12. The average molecular weight is 417 g/mol. The van der Waals surface area contributed by atoms with Gasteiger partial charge in [-0.25, -0.2) is 4.98 Å². The molecule has 0 amide bonds. The van der Waals surface area contributed by atoms with Gasteiger partial charge >= 0.3 is 0 Å². The molecule has 0 radical (unpaired) electrons. The molecule has 6 rings (SSSR count). The summed E-state index contributed by atoms with van der Waals surface area (Å²) in [6.45, 7) is 0. The van der Waals surface area contributed by atoms with Crippen LogP contribution in [-0.2, 0) is 0 Å². The Morgan fingerprint density at radius 1 is 0.516 bits per heavy atom. The second-order valence-corrected chi connectivity index (χ2v) is 8.07. The molecule has 0 spiro atoms. The van der Waals surface area contributed by atoms with Gasteiger partial charge in [0.1, 0.15) is 0 Å². The highest BCUT2D eigenvalue weighted by Crippen LogP contribution is 2.34. The molecule has 0 saturated heterocycles. The van der Waals surface area contributed by atoms with Crippen molar-refractivity contribution in [2.75, 3.05) is 0 Å². The summed E-state index contributed by atoms with van der Waals surface area (Å²) in [4.78, 5) is 9.90. The second kappa shape index (κ2) is 7.19. The van der Waals surface area contributed by atoms with Gasteiger partial charge in [-0.3, -0.25) is 4.98 Å². The number of hydrogen-bond donors (Lipinski definition) is 0. The average Bonchev–Trinajstić information content (AvgIpc) is 2.84. The van der Waals surface area contributed by atoms with E-state index in [-0.39, 0.29) is 0 Å². The van der Waals surface area contributed by atoms with Gasteiger partial charge in [0.2, 0.25) is 0 Å². The van der Waals surface area contributed by atoms with E-state index < -0.39 is 0 Å². The summed E-state index contributed by atoms with van der Waals surface area (Å²) in [5.41, 5.74) is 6.00. The van der Waals surface area contributed by atoms with E-state index in [4.69, 9.17) is 21.6 Å². The topological polar surface area (TPSA) is 25.8 Å².